The SMILES string of the molecule is O=C(CNc1ccc(O[C@@H]2CCOC2)cc1)NCc1ccc(F)cc1. The number of halogens is 1. The number of anilines is 1. The Morgan fingerprint density at radius 2 is 1.92 bits per heavy atom. The Hall–Kier alpha value is -2.60. The van der Waals surface area contributed by atoms with Crippen LogP contribution in [0.5, 0.6) is 5.75 Å². The third-order valence-corrected chi connectivity index (χ3v) is 3.90. The molecule has 1 aliphatic rings. The highest BCUT2D eigenvalue weighted by molar-refractivity contribution is 5.80. The van der Waals surface area contributed by atoms with E-state index in [1.165, 1.54) is 12.1 Å². The first kappa shape index (κ1) is 17.2. The van der Waals surface area contributed by atoms with Gasteiger partial charge in [-0.3, -0.25) is 4.79 Å². The molecule has 132 valence electrons. The van der Waals surface area contributed by atoms with Gasteiger partial charge in [0.25, 0.3) is 0 Å². The fourth-order valence-corrected chi connectivity index (χ4v) is 2.50. The van der Waals surface area contributed by atoms with Crippen LogP contribution in [0.25, 0.3) is 0 Å². The predicted molar refractivity (Wildman–Crippen MR) is 93.0 cm³/mol. The lowest BCUT2D eigenvalue weighted by molar-refractivity contribution is -0.119. The van der Waals surface area contributed by atoms with Gasteiger partial charge in [-0.1, -0.05) is 12.1 Å². The van der Waals surface area contributed by atoms with Crippen molar-refractivity contribution >= 4 is 11.6 Å². The van der Waals surface area contributed by atoms with Gasteiger partial charge in [-0.05, 0) is 42.0 Å². The number of nitrogens with one attached hydrogen (secondary N) is 2. The Balaban J connectivity index is 1.39. The van der Waals surface area contributed by atoms with E-state index < -0.39 is 0 Å². The predicted octanol–water partition coefficient (Wildman–Crippen LogP) is 2.72. The second kappa shape index (κ2) is 8.48. The molecule has 0 aliphatic carbocycles. The molecule has 0 spiro atoms. The number of carbonyl (C=O) groups is 1. The molecule has 0 aromatic heterocycles. The van der Waals surface area contributed by atoms with Gasteiger partial charge in [0, 0.05) is 18.7 Å². The van der Waals surface area contributed by atoms with Crippen molar-refractivity contribution in [1.82, 2.24) is 5.32 Å². The van der Waals surface area contributed by atoms with E-state index in [0.717, 1.165) is 30.0 Å². The summed E-state index contributed by atoms with van der Waals surface area (Å²) in [7, 11) is 0. The van der Waals surface area contributed by atoms with Crippen molar-refractivity contribution < 1.29 is 18.7 Å². The molecule has 1 heterocycles. The minimum Gasteiger partial charge on any atom is -0.488 e. The summed E-state index contributed by atoms with van der Waals surface area (Å²) in [6.07, 6.45) is 1.03. The Labute approximate surface area is 146 Å². The van der Waals surface area contributed by atoms with Gasteiger partial charge in [0.05, 0.1) is 19.8 Å². The Morgan fingerprint density at radius 1 is 1.16 bits per heavy atom. The van der Waals surface area contributed by atoms with Gasteiger partial charge in [0.1, 0.15) is 17.7 Å². The Morgan fingerprint density at radius 3 is 2.60 bits per heavy atom. The Bertz CT molecular complexity index is 683. The van der Waals surface area contributed by atoms with Crippen LogP contribution in [0, 0.1) is 5.82 Å². The maximum atomic E-state index is 12.8. The van der Waals surface area contributed by atoms with Crippen LogP contribution >= 0.6 is 0 Å². The molecule has 0 unspecified atom stereocenters. The van der Waals surface area contributed by atoms with E-state index in [0.29, 0.717) is 13.2 Å². The third kappa shape index (κ3) is 5.46. The van der Waals surface area contributed by atoms with E-state index in [1.807, 2.05) is 24.3 Å². The second-order valence-electron chi connectivity index (χ2n) is 5.88. The fraction of sp³-hybridized carbons (Fsp3) is 0.316. The molecule has 2 aromatic rings. The summed E-state index contributed by atoms with van der Waals surface area (Å²) >= 11 is 0. The monoisotopic (exact) mass is 344 g/mol. The summed E-state index contributed by atoms with van der Waals surface area (Å²) in [5.41, 5.74) is 1.69. The molecule has 1 fully saturated rings. The normalized spacial score (nSPS) is 16.4. The molecule has 2 N–H and O–H groups in total. The highest BCUT2D eigenvalue weighted by Gasteiger charge is 2.16. The minimum atomic E-state index is -0.287. The molecule has 1 atom stereocenters. The van der Waals surface area contributed by atoms with Crippen molar-refractivity contribution in [2.45, 2.75) is 19.1 Å². The van der Waals surface area contributed by atoms with Crippen LogP contribution in [-0.4, -0.2) is 31.8 Å². The van der Waals surface area contributed by atoms with E-state index in [2.05, 4.69) is 10.6 Å². The maximum absolute atomic E-state index is 12.8. The van der Waals surface area contributed by atoms with Crippen molar-refractivity contribution in [3.05, 3.63) is 59.9 Å². The van der Waals surface area contributed by atoms with Crippen LogP contribution in [-0.2, 0) is 16.1 Å². The standard InChI is InChI=1S/C19H21FN2O3/c20-15-3-1-14(2-4-15)11-22-19(23)12-21-16-5-7-17(8-6-16)25-18-9-10-24-13-18/h1-8,18,21H,9-13H2,(H,22,23)/t18-/m1/s1. The third-order valence-electron chi connectivity index (χ3n) is 3.90. The van der Waals surface area contributed by atoms with Gasteiger partial charge in [-0.25, -0.2) is 4.39 Å². The first-order chi connectivity index (χ1) is 12.2. The number of ether oxygens (including phenoxy) is 2. The highest BCUT2D eigenvalue weighted by atomic mass is 19.1. The van der Waals surface area contributed by atoms with Crippen LogP contribution in [0.3, 0.4) is 0 Å². The lowest BCUT2D eigenvalue weighted by Crippen LogP contribution is -2.29. The average Bonchev–Trinajstić information content (AvgIpc) is 3.14. The first-order valence-corrected chi connectivity index (χ1v) is 8.28. The van der Waals surface area contributed by atoms with Crippen LogP contribution in [0.1, 0.15) is 12.0 Å². The van der Waals surface area contributed by atoms with Crippen molar-refractivity contribution in [3.63, 3.8) is 0 Å². The molecule has 6 heteroatoms. The van der Waals surface area contributed by atoms with E-state index in [-0.39, 0.29) is 24.4 Å². The molecule has 0 saturated carbocycles. The molecule has 1 aliphatic heterocycles. The smallest absolute Gasteiger partial charge is 0.239 e. The van der Waals surface area contributed by atoms with Crippen LogP contribution in [0.4, 0.5) is 10.1 Å². The van der Waals surface area contributed by atoms with E-state index >= 15 is 0 Å². The zero-order valence-electron chi connectivity index (χ0n) is 13.8. The topological polar surface area (TPSA) is 59.6 Å². The number of carbonyl (C=O) groups excluding carboxylic acids is 1. The van der Waals surface area contributed by atoms with Gasteiger partial charge in [0.2, 0.25) is 5.91 Å². The zero-order valence-corrected chi connectivity index (χ0v) is 13.8. The van der Waals surface area contributed by atoms with E-state index in [9.17, 15) is 9.18 Å². The average molecular weight is 344 g/mol. The summed E-state index contributed by atoms with van der Waals surface area (Å²) in [6, 6.07) is 13.5. The molecule has 0 radical (unpaired) electrons. The van der Waals surface area contributed by atoms with E-state index in [1.54, 1.807) is 12.1 Å². The summed E-state index contributed by atoms with van der Waals surface area (Å²) in [6.45, 7) is 1.92. The van der Waals surface area contributed by atoms with Crippen LogP contribution < -0.4 is 15.4 Å². The maximum Gasteiger partial charge on any atom is 0.239 e. The van der Waals surface area contributed by atoms with Crippen molar-refractivity contribution in [2.24, 2.45) is 0 Å². The van der Waals surface area contributed by atoms with Gasteiger partial charge in [-0.2, -0.15) is 0 Å². The van der Waals surface area contributed by atoms with Gasteiger partial charge in [-0.15, -0.1) is 0 Å². The molecule has 1 amide bonds. The minimum absolute atomic E-state index is 0.121. The van der Waals surface area contributed by atoms with Gasteiger partial charge >= 0.3 is 0 Å². The second-order valence-corrected chi connectivity index (χ2v) is 5.88. The fourth-order valence-electron chi connectivity index (χ4n) is 2.50. The lowest BCUT2D eigenvalue weighted by Gasteiger charge is -2.12. The molecule has 0 bridgehead atoms. The van der Waals surface area contributed by atoms with Gasteiger partial charge in [0.15, 0.2) is 0 Å². The van der Waals surface area contributed by atoms with E-state index in [4.69, 9.17) is 9.47 Å². The number of rotatable bonds is 7. The summed E-state index contributed by atoms with van der Waals surface area (Å²) < 4.78 is 23.9. The molecule has 1 saturated heterocycles. The van der Waals surface area contributed by atoms with Crippen LogP contribution in [0.2, 0.25) is 0 Å². The molecule has 2 aromatic carbocycles. The summed E-state index contributed by atoms with van der Waals surface area (Å²) in [5, 5.41) is 5.84. The number of amides is 1. The van der Waals surface area contributed by atoms with Gasteiger partial charge < -0.3 is 20.1 Å². The number of benzene rings is 2. The number of hydrogen-bond acceptors (Lipinski definition) is 4. The molecule has 25 heavy (non-hydrogen) atoms. The Kier molecular flexibility index (Phi) is 5.85. The quantitative estimate of drug-likeness (QED) is 0.811. The lowest BCUT2D eigenvalue weighted by atomic mass is 10.2. The van der Waals surface area contributed by atoms with Crippen molar-refractivity contribution in [2.75, 3.05) is 25.1 Å². The summed E-state index contributed by atoms with van der Waals surface area (Å²) in [4.78, 5) is 11.9. The summed E-state index contributed by atoms with van der Waals surface area (Å²) in [5.74, 6) is 0.374. The highest BCUT2D eigenvalue weighted by Crippen LogP contribution is 2.19. The molecule has 5 nitrogen and oxygen atoms in total. The van der Waals surface area contributed by atoms with Crippen molar-refractivity contribution in [3.8, 4) is 5.75 Å². The largest absolute Gasteiger partial charge is 0.488 e. The van der Waals surface area contributed by atoms with Crippen molar-refractivity contribution in [1.29, 1.82) is 0 Å². The molecular formula is C19H21FN2O3. The van der Waals surface area contributed by atoms with Crippen LogP contribution in [0.15, 0.2) is 48.5 Å². The molecule has 3 rings (SSSR count). The molecular weight excluding hydrogens is 323 g/mol. The first-order valence-electron chi connectivity index (χ1n) is 8.28. The zero-order chi connectivity index (χ0) is 17.5. The number of hydrogen-bond donors (Lipinski definition) is 2.